The van der Waals surface area contributed by atoms with Crippen LogP contribution in [0.25, 0.3) is 60.9 Å². The first-order chi connectivity index (χ1) is 29.7. The van der Waals surface area contributed by atoms with E-state index in [2.05, 4.69) is 204 Å². The Kier molecular flexibility index (Phi) is 7.52. The molecule has 5 aliphatic carbocycles. The van der Waals surface area contributed by atoms with Crippen LogP contribution in [0.4, 0.5) is 17.1 Å². The van der Waals surface area contributed by atoms with Crippen LogP contribution in [-0.2, 0) is 5.41 Å². The number of hydrogen-bond acceptors (Lipinski definition) is 1. The van der Waals surface area contributed by atoms with E-state index < -0.39 is 0 Å². The Labute approximate surface area is 352 Å². The molecule has 14 rings (SSSR count). The minimum atomic E-state index is 0.197. The van der Waals surface area contributed by atoms with E-state index in [0.717, 1.165) is 46.4 Å². The Morgan fingerprint density at radius 1 is 0.400 bits per heavy atom. The zero-order valence-corrected chi connectivity index (χ0v) is 33.7. The van der Waals surface area contributed by atoms with Crippen molar-refractivity contribution in [1.29, 1.82) is 0 Å². The summed E-state index contributed by atoms with van der Waals surface area (Å²) < 4.78 is 2.41. The predicted octanol–water partition coefficient (Wildman–Crippen LogP) is 15.3. The minimum absolute atomic E-state index is 0.197. The van der Waals surface area contributed by atoms with E-state index in [9.17, 15) is 0 Å². The highest BCUT2D eigenvalue weighted by Gasteiger charge is 2.61. The second-order valence-corrected chi connectivity index (χ2v) is 18.1. The summed E-state index contributed by atoms with van der Waals surface area (Å²) in [5, 5.41) is 2.53. The van der Waals surface area contributed by atoms with Gasteiger partial charge in [0, 0.05) is 38.8 Å². The zero-order chi connectivity index (χ0) is 39.4. The van der Waals surface area contributed by atoms with Crippen molar-refractivity contribution in [3.63, 3.8) is 0 Å². The molecule has 0 saturated heterocycles. The molecule has 1 heterocycles. The van der Waals surface area contributed by atoms with Crippen LogP contribution in [0.2, 0.25) is 0 Å². The van der Waals surface area contributed by atoms with Crippen molar-refractivity contribution in [3.8, 4) is 39.1 Å². The largest absolute Gasteiger partial charge is 0.310 e. The Bertz CT molecular complexity index is 3030. The van der Waals surface area contributed by atoms with E-state index in [0.29, 0.717) is 0 Å². The summed E-state index contributed by atoms with van der Waals surface area (Å²) >= 11 is 0. The van der Waals surface area contributed by atoms with E-state index in [4.69, 9.17) is 0 Å². The molecule has 2 heteroatoms. The molecule has 60 heavy (non-hydrogen) atoms. The summed E-state index contributed by atoms with van der Waals surface area (Å²) in [6.45, 7) is 0. The molecule has 9 aromatic rings. The third-order valence-electron chi connectivity index (χ3n) is 15.2. The maximum atomic E-state index is 2.55. The van der Waals surface area contributed by atoms with Crippen molar-refractivity contribution >= 4 is 38.9 Å². The van der Waals surface area contributed by atoms with Crippen LogP contribution < -0.4 is 4.90 Å². The van der Waals surface area contributed by atoms with Crippen molar-refractivity contribution in [3.05, 3.63) is 205 Å². The van der Waals surface area contributed by atoms with Gasteiger partial charge in [-0.05, 0) is 149 Å². The van der Waals surface area contributed by atoms with E-state index in [1.807, 2.05) is 0 Å². The number of aromatic nitrogens is 1. The lowest BCUT2D eigenvalue weighted by Gasteiger charge is -2.61. The van der Waals surface area contributed by atoms with Crippen LogP contribution in [0.1, 0.15) is 43.2 Å². The first kappa shape index (κ1) is 34.2. The molecule has 4 fully saturated rings. The highest BCUT2D eigenvalue weighted by Crippen LogP contribution is 2.69. The third-order valence-corrected chi connectivity index (χ3v) is 15.2. The first-order valence-electron chi connectivity index (χ1n) is 22.1. The average Bonchev–Trinajstić information content (AvgIpc) is 3.79. The molecule has 5 aliphatic rings. The third kappa shape index (κ3) is 4.94. The van der Waals surface area contributed by atoms with Crippen LogP contribution >= 0.6 is 0 Å². The van der Waals surface area contributed by atoms with Crippen LogP contribution in [0.5, 0.6) is 0 Å². The van der Waals surface area contributed by atoms with Gasteiger partial charge in [-0.1, -0.05) is 140 Å². The number of benzene rings is 8. The summed E-state index contributed by atoms with van der Waals surface area (Å²) in [5.74, 6) is 3.45. The summed E-state index contributed by atoms with van der Waals surface area (Å²) in [6.07, 6.45) is 7.13. The van der Waals surface area contributed by atoms with E-state index in [-0.39, 0.29) is 5.41 Å². The van der Waals surface area contributed by atoms with Gasteiger partial charge < -0.3 is 9.47 Å². The highest BCUT2D eigenvalue weighted by atomic mass is 15.1. The first-order valence-corrected chi connectivity index (χ1v) is 22.1. The predicted molar refractivity (Wildman–Crippen MR) is 250 cm³/mol. The minimum Gasteiger partial charge on any atom is -0.310 e. The maximum absolute atomic E-state index is 2.55. The van der Waals surface area contributed by atoms with Crippen LogP contribution in [-0.4, -0.2) is 4.57 Å². The van der Waals surface area contributed by atoms with Gasteiger partial charge in [0.15, 0.2) is 0 Å². The van der Waals surface area contributed by atoms with Crippen molar-refractivity contribution in [2.75, 3.05) is 4.90 Å². The number of para-hydroxylation sites is 3. The van der Waals surface area contributed by atoms with Gasteiger partial charge in [-0.3, -0.25) is 0 Å². The molecule has 8 aromatic carbocycles. The highest BCUT2D eigenvalue weighted by molar-refractivity contribution is 6.09. The van der Waals surface area contributed by atoms with Gasteiger partial charge in [0.2, 0.25) is 0 Å². The summed E-state index contributed by atoms with van der Waals surface area (Å²) in [7, 11) is 0. The van der Waals surface area contributed by atoms with Gasteiger partial charge in [-0.15, -0.1) is 0 Å². The van der Waals surface area contributed by atoms with Crippen molar-refractivity contribution in [1.82, 2.24) is 4.57 Å². The van der Waals surface area contributed by atoms with Gasteiger partial charge in [0.05, 0.1) is 16.7 Å². The Hall–Kier alpha value is -6.64. The van der Waals surface area contributed by atoms with Gasteiger partial charge in [-0.25, -0.2) is 0 Å². The second kappa shape index (κ2) is 13.2. The molecule has 1 aromatic heterocycles. The van der Waals surface area contributed by atoms with Gasteiger partial charge in [0.25, 0.3) is 0 Å². The van der Waals surface area contributed by atoms with E-state index in [1.165, 1.54) is 87.3 Å². The standard InChI is InChI=1S/C58H46N2/c1-2-13-41(14-3-1)48-17-5-9-22-55(48)59(46-15-12-16-47(37-46)60-56-23-10-6-19-50(56)51-20-7-11-24-57(51)60)45-28-25-40(26-29-45)42-27-30-54-52(36-42)49-18-4-8-21-53(49)58(54)43-32-38-31-39(34-43)35-44(58)33-38/h1-30,36-39,43-44H,31-35H2. The molecule has 0 aliphatic heterocycles. The molecule has 0 radical (unpaired) electrons. The lowest BCUT2D eigenvalue weighted by Crippen LogP contribution is -2.55. The summed E-state index contributed by atoms with van der Waals surface area (Å²) in [5.41, 5.74) is 18.3. The average molecular weight is 771 g/mol. The summed E-state index contributed by atoms with van der Waals surface area (Å²) in [4.78, 5) is 2.44. The number of fused-ring (bicyclic) bond motifs is 6. The van der Waals surface area contributed by atoms with Crippen molar-refractivity contribution in [2.45, 2.75) is 37.5 Å². The smallest absolute Gasteiger partial charge is 0.0541 e. The van der Waals surface area contributed by atoms with Gasteiger partial charge in [-0.2, -0.15) is 0 Å². The molecule has 1 spiro atoms. The lowest BCUT2D eigenvalue weighted by atomic mass is 9.43. The number of anilines is 3. The molecular formula is C58H46N2. The van der Waals surface area contributed by atoms with Crippen molar-refractivity contribution < 1.29 is 0 Å². The molecule has 0 N–H and O–H groups in total. The zero-order valence-electron chi connectivity index (χ0n) is 33.7. The molecule has 4 bridgehead atoms. The molecular weight excluding hydrogens is 725 g/mol. The summed E-state index contributed by atoms with van der Waals surface area (Å²) in [6, 6.07) is 72.5. The van der Waals surface area contributed by atoms with E-state index in [1.54, 1.807) is 11.1 Å². The van der Waals surface area contributed by atoms with Crippen LogP contribution in [0.3, 0.4) is 0 Å². The fourth-order valence-electron chi connectivity index (χ4n) is 13.1. The van der Waals surface area contributed by atoms with Crippen LogP contribution in [0, 0.1) is 23.7 Å². The second-order valence-electron chi connectivity index (χ2n) is 18.1. The Balaban J connectivity index is 0.936. The quantitative estimate of drug-likeness (QED) is 0.163. The fourth-order valence-corrected chi connectivity index (χ4v) is 13.1. The molecule has 0 atom stereocenters. The van der Waals surface area contributed by atoms with E-state index >= 15 is 0 Å². The molecule has 2 nitrogen and oxygen atoms in total. The van der Waals surface area contributed by atoms with Crippen LogP contribution in [0.15, 0.2) is 194 Å². The number of nitrogens with zero attached hydrogens (tertiary/aromatic N) is 2. The lowest BCUT2D eigenvalue weighted by molar-refractivity contribution is -0.0399. The Morgan fingerprint density at radius 3 is 1.73 bits per heavy atom. The monoisotopic (exact) mass is 770 g/mol. The molecule has 0 amide bonds. The SMILES string of the molecule is c1ccc(-c2ccccc2N(c2ccc(-c3ccc4c(c3)-c3ccccc3C43C4CC5CC(C4)CC3C5)cc2)c2cccc(-n3c4ccccc4c4ccccc43)c2)cc1. The molecule has 288 valence electrons. The number of rotatable bonds is 6. The Morgan fingerprint density at radius 2 is 1.00 bits per heavy atom. The topological polar surface area (TPSA) is 8.17 Å². The van der Waals surface area contributed by atoms with Crippen molar-refractivity contribution in [2.24, 2.45) is 23.7 Å². The normalized spacial score (nSPS) is 22.1. The number of hydrogen-bond donors (Lipinski definition) is 0. The van der Waals surface area contributed by atoms with Gasteiger partial charge >= 0.3 is 0 Å². The van der Waals surface area contributed by atoms with Gasteiger partial charge in [0.1, 0.15) is 0 Å². The fraction of sp³-hybridized carbons (Fsp3) is 0.172. The molecule has 4 saturated carbocycles. The molecule has 0 unspecified atom stereocenters. The maximum Gasteiger partial charge on any atom is 0.0541 e.